The quantitative estimate of drug-likeness (QED) is 0.00679. The number of aromatic hydroxyl groups is 1. The number of benzene rings is 7. The minimum Gasteiger partial charge on any atom is -0.508 e. The van der Waals surface area contributed by atoms with E-state index in [9.17, 15) is 57.8 Å². The van der Waals surface area contributed by atoms with E-state index in [4.69, 9.17) is 69.3 Å². The fourth-order valence-electron chi connectivity index (χ4n) is 10.4. The van der Waals surface area contributed by atoms with Crippen LogP contribution in [0.2, 0.25) is 0 Å². The third-order valence-electron chi connectivity index (χ3n) is 15.8. The van der Waals surface area contributed by atoms with Crippen molar-refractivity contribution in [3.63, 3.8) is 0 Å². The van der Waals surface area contributed by atoms with Gasteiger partial charge in [0.2, 0.25) is 11.8 Å². The molecule has 31 nitrogen and oxygen atoms in total. The molecule has 0 aromatic heterocycles. The number of amides is 8. The molecule has 2 heterocycles. The highest BCUT2D eigenvalue weighted by atomic mass is 79.9. The number of nitrogens with one attached hydrogen (secondary N) is 2. The van der Waals surface area contributed by atoms with Crippen LogP contribution < -0.4 is 70.5 Å². The number of alkyl halides is 1. The lowest BCUT2D eigenvalue weighted by Gasteiger charge is -2.19. The maximum atomic E-state index is 12.3. The summed E-state index contributed by atoms with van der Waals surface area (Å²) in [6.45, 7) is 21.1. The van der Waals surface area contributed by atoms with Crippen molar-refractivity contribution in [3.8, 4) is 57.5 Å². The Kier molecular flexibility index (Phi) is 55.4. The van der Waals surface area contributed by atoms with Gasteiger partial charge in [-0.2, -0.15) is 0 Å². The molecule has 0 saturated heterocycles. The minimum absolute atomic E-state index is 0. The molecule has 0 spiro atoms. The third kappa shape index (κ3) is 48.7. The highest BCUT2D eigenvalue weighted by Crippen LogP contribution is 2.28. The first-order valence-electron chi connectivity index (χ1n) is 39.9. The van der Waals surface area contributed by atoms with Gasteiger partial charge in [0.05, 0.1) is 81.5 Å². The van der Waals surface area contributed by atoms with Gasteiger partial charge in [0, 0.05) is 74.3 Å². The van der Waals surface area contributed by atoms with Crippen molar-refractivity contribution in [2.45, 2.75) is 145 Å². The van der Waals surface area contributed by atoms with Crippen molar-refractivity contribution in [2.75, 3.05) is 104 Å². The topological polar surface area (TPSA) is 427 Å². The fourth-order valence-corrected chi connectivity index (χ4v) is 10.7. The van der Waals surface area contributed by atoms with Crippen LogP contribution in [0.1, 0.15) is 175 Å². The SMILES string of the molecule is C.CC(=O)CCCOc1cccc(OCCN2C(=O)c3ccccc3C2=O)c1.CC(=O)CCCOc1cccc(OCCNC(=O)OC(C)(C)C)c1.CC(C)(C)OC(=O)NCCOc1cccc(OCCCC(N)=O)c1.CCOC(=O)CCCBr.Cl.Cl.NCCOc1cccc(OCCCC(N)=O)c1.O=C1c2ccccc2C(=O)N1CCOc1cccc(O)c1. The van der Waals surface area contributed by atoms with Crippen molar-refractivity contribution in [3.05, 3.63) is 192 Å². The molecule has 0 radical (unpaired) electrons. The number of primary amides is 2. The van der Waals surface area contributed by atoms with E-state index in [1.807, 2.05) is 70.2 Å². The number of halogens is 3. The second kappa shape index (κ2) is 62.3. The molecule has 9 N–H and O–H groups in total. The average Bonchev–Trinajstić information content (AvgIpc) is 1.65. The lowest BCUT2D eigenvalue weighted by Crippen LogP contribution is -2.34. The Bertz CT molecular complexity index is 4280. The van der Waals surface area contributed by atoms with E-state index in [1.165, 1.54) is 21.9 Å². The molecule has 7 aromatic carbocycles. The van der Waals surface area contributed by atoms with Crippen LogP contribution >= 0.6 is 40.7 Å². The first kappa shape index (κ1) is 111. The number of hydrogen-bond donors (Lipinski definition) is 6. The van der Waals surface area contributed by atoms with Crippen LogP contribution in [0, 0.1) is 0 Å². The highest BCUT2D eigenvalue weighted by Gasteiger charge is 2.36. The molecule has 7 aromatic rings. The zero-order valence-corrected chi connectivity index (χ0v) is 74.9. The van der Waals surface area contributed by atoms with Gasteiger partial charge in [0.15, 0.2) is 0 Å². The Hall–Kier alpha value is -11.9. The Balaban J connectivity index is 0.000000762. The molecule has 0 bridgehead atoms. The summed E-state index contributed by atoms with van der Waals surface area (Å²) >= 11 is 3.22. The van der Waals surface area contributed by atoms with Gasteiger partial charge in [-0.25, -0.2) is 9.59 Å². The van der Waals surface area contributed by atoms with Crippen molar-refractivity contribution >= 4 is 106 Å². The van der Waals surface area contributed by atoms with Gasteiger partial charge in [-0.3, -0.25) is 43.4 Å². The van der Waals surface area contributed by atoms with Crippen molar-refractivity contribution in [2.24, 2.45) is 17.2 Å². The number of nitrogens with zero attached hydrogens (tertiary/aromatic N) is 2. The first-order valence-corrected chi connectivity index (χ1v) is 41.1. The summed E-state index contributed by atoms with van der Waals surface area (Å²) in [7, 11) is 0. The van der Waals surface area contributed by atoms with Gasteiger partial charge >= 0.3 is 18.2 Å². The third-order valence-corrected chi connectivity index (χ3v) is 16.4. The molecule has 8 amide bonds. The minimum atomic E-state index is -0.523. The number of esters is 1. The molecular weight excluding hydrogens is 1730 g/mol. The normalized spacial score (nSPS) is 11.2. The van der Waals surface area contributed by atoms with Crippen LogP contribution in [0.3, 0.4) is 0 Å². The molecule has 686 valence electrons. The Labute approximate surface area is 752 Å². The first-order chi connectivity index (χ1) is 58.3. The summed E-state index contributed by atoms with van der Waals surface area (Å²) in [6, 6.07) is 48.8. The molecule has 125 heavy (non-hydrogen) atoms. The van der Waals surface area contributed by atoms with Crippen LogP contribution in [0.25, 0.3) is 0 Å². The second-order valence-corrected chi connectivity index (χ2v) is 29.4. The number of alkyl carbamates (subject to hydrolysis) is 2. The Morgan fingerprint density at radius 1 is 0.392 bits per heavy atom. The summed E-state index contributed by atoms with van der Waals surface area (Å²) in [5, 5.41) is 15.4. The number of nitrogens with two attached hydrogens (primary N) is 3. The van der Waals surface area contributed by atoms with E-state index in [-0.39, 0.29) is 117 Å². The second-order valence-electron chi connectivity index (χ2n) is 28.6. The zero-order valence-electron chi connectivity index (χ0n) is 71.7. The monoisotopic (exact) mass is 1850 g/mol. The van der Waals surface area contributed by atoms with E-state index >= 15 is 0 Å². The highest BCUT2D eigenvalue weighted by molar-refractivity contribution is 9.09. The molecule has 34 heteroatoms. The zero-order chi connectivity index (χ0) is 89.7. The summed E-state index contributed by atoms with van der Waals surface area (Å²) in [4.78, 5) is 128. The number of hydrogen-bond acceptors (Lipinski definition) is 25. The number of ether oxygens (including phenoxy) is 12. The van der Waals surface area contributed by atoms with Crippen LogP contribution in [-0.4, -0.2) is 195 Å². The number of carbonyl (C=O) groups is 11. The molecule has 0 unspecified atom stereocenters. The fraction of sp³-hybridized carbons (Fsp3) is 0.418. The average molecular weight is 1850 g/mol. The largest absolute Gasteiger partial charge is 0.508 e. The predicted molar refractivity (Wildman–Crippen MR) is 482 cm³/mol. The molecule has 0 saturated carbocycles. The van der Waals surface area contributed by atoms with Crippen LogP contribution in [-0.2, 0) is 38.2 Å². The number of phenols is 1. The number of fused-ring (bicyclic) bond motifs is 2. The van der Waals surface area contributed by atoms with Crippen LogP contribution in [0.4, 0.5) is 9.59 Å². The summed E-state index contributed by atoms with van der Waals surface area (Å²) in [5.41, 5.74) is 16.1. The van der Waals surface area contributed by atoms with Crippen molar-refractivity contribution < 1.29 is 115 Å². The van der Waals surface area contributed by atoms with E-state index in [0.29, 0.717) is 199 Å². The van der Waals surface area contributed by atoms with Gasteiger partial charge in [0.25, 0.3) is 23.6 Å². The maximum Gasteiger partial charge on any atom is 0.407 e. The Morgan fingerprint density at radius 3 is 0.944 bits per heavy atom. The predicted octanol–water partition coefficient (Wildman–Crippen LogP) is 14.6. The smallest absolute Gasteiger partial charge is 0.407 e. The van der Waals surface area contributed by atoms with Crippen LogP contribution in [0.15, 0.2) is 170 Å². The molecule has 0 fully saturated rings. The standard InChI is InChI=1S/C21H21NO5.C18H27NO5.C17H26N2O5.C16H13NO4.C12H18N2O3.C6H11BrO2.CH4.2ClH/c1-15(23)6-5-12-26-16-7-4-8-17(14-16)27-13-11-22-20(24)18-9-2-3-10-19(18)21(22)25;1-14(20)7-6-11-22-15-8-5-9-16(13-15)23-12-10-19-17(21)24-18(2,3)4;1-17(2,3)24-16(21)19-9-11-23-14-7-4-6-13(12-14)22-10-5-8-15(18)20;18-11-4-3-5-12(10-11)21-9-8-17-15(19)13-6-1-2-7-14(13)16(17)20;13-6-8-17-11-4-1-3-10(9-11)16-7-2-5-12(14)15;1-2-9-6(8)4-3-5-7;;;/h2-4,7-10,14H,5-6,11-13H2,1H3;5,8-9,13H,6-7,10-12H2,1-4H3,(H,19,21);4,6-7,12H,5,8-11H2,1-3H3,(H2,18,20)(H,19,21);1-7,10,18H,8-9H2;1,3-4,9H,2,5-8,13H2,(H2,14,15);2-5H2,1H3;1H4;2*1H. The maximum absolute atomic E-state index is 12.3. The number of rotatable bonds is 43. The van der Waals surface area contributed by atoms with E-state index < -0.39 is 23.4 Å². The molecule has 0 aliphatic carbocycles. The van der Waals surface area contributed by atoms with Crippen LogP contribution in [0.5, 0.6) is 57.5 Å². The van der Waals surface area contributed by atoms with Gasteiger partial charge in [-0.1, -0.05) is 78.0 Å². The number of Topliss-reactive ketones (excluding diaryl/α,β-unsaturated/α-hetero) is 2. The number of ketones is 2. The number of phenolic OH excluding ortho intramolecular Hbond substituents is 1. The lowest BCUT2D eigenvalue weighted by molar-refractivity contribution is -0.143. The summed E-state index contributed by atoms with van der Waals surface area (Å²) in [6.07, 6.45) is 4.65. The lowest BCUT2D eigenvalue weighted by atomic mass is 10.1. The van der Waals surface area contributed by atoms with Crippen molar-refractivity contribution in [1.82, 2.24) is 20.4 Å². The molecule has 0 atom stereocenters. The van der Waals surface area contributed by atoms with Gasteiger partial charge in [0.1, 0.15) is 113 Å². The van der Waals surface area contributed by atoms with Gasteiger partial charge in [-0.15, -0.1) is 24.8 Å². The van der Waals surface area contributed by atoms with Crippen molar-refractivity contribution in [1.29, 1.82) is 0 Å². The van der Waals surface area contributed by atoms with E-state index in [0.717, 1.165) is 17.5 Å². The number of imide groups is 2. The van der Waals surface area contributed by atoms with E-state index in [1.54, 1.807) is 150 Å². The summed E-state index contributed by atoms with van der Waals surface area (Å²) in [5.74, 6) is 4.29. The summed E-state index contributed by atoms with van der Waals surface area (Å²) < 4.78 is 64.7. The van der Waals surface area contributed by atoms with Gasteiger partial charge < -0.3 is 99.4 Å². The molecular formula is C91H122BrCl2N7O24. The van der Waals surface area contributed by atoms with Gasteiger partial charge in [-0.05, 0) is 179 Å². The molecule has 2 aliphatic rings. The Morgan fingerprint density at radius 2 is 0.672 bits per heavy atom. The number of carbonyl (C=O) groups excluding carboxylic acids is 11. The molecule has 2 aliphatic heterocycles. The molecule has 9 rings (SSSR count). The van der Waals surface area contributed by atoms with E-state index in [2.05, 4.69) is 31.3 Å².